The van der Waals surface area contributed by atoms with E-state index < -0.39 is 22.1 Å². The smallest absolute Gasteiger partial charge is 0.335 e. The number of amides is 4. The van der Waals surface area contributed by atoms with E-state index in [0.29, 0.717) is 17.1 Å². The van der Waals surface area contributed by atoms with Crippen LogP contribution in [0.3, 0.4) is 0 Å². The number of nitrogens with zero attached hydrogens (tertiary/aromatic N) is 1. The molecule has 0 aliphatic carbocycles. The highest BCUT2D eigenvalue weighted by molar-refractivity contribution is 7.88. The minimum Gasteiger partial charge on any atom is -0.335 e. The SMILES string of the molecule is CCCCCN(C(=O)NC(=O)N[C@H](C)CC)S(C)(=O)=O. The summed E-state index contributed by atoms with van der Waals surface area (Å²) in [4.78, 5) is 23.4. The van der Waals surface area contributed by atoms with Crippen LogP contribution in [0.15, 0.2) is 0 Å². The summed E-state index contributed by atoms with van der Waals surface area (Å²) in [5.74, 6) is 0. The number of unbranched alkanes of at least 4 members (excludes halogenated alkanes) is 2. The van der Waals surface area contributed by atoms with E-state index in [1.165, 1.54) is 0 Å². The van der Waals surface area contributed by atoms with Gasteiger partial charge in [-0.2, -0.15) is 0 Å². The molecule has 0 spiro atoms. The fourth-order valence-corrected chi connectivity index (χ4v) is 2.25. The maximum absolute atomic E-state index is 11.8. The molecule has 4 amide bonds. The van der Waals surface area contributed by atoms with E-state index in [0.717, 1.165) is 19.1 Å². The monoisotopic (exact) mass is 307 g/mol. The molecule has 0 rings (SSSR count). The Morgan fingerprint density at radius 1 is 1.20 bits per heavy atom. The molecule has 0 heterocycles. The molecule has 0 aliphatic rings. The van der Waals surface area contributed by atoms with Crippen LogP contribution in [0.2, 0.25) is 0 Å². The Morgan fingerprint density at radius 2 is 1.80 bits per heavy atom. The predicted molar refractivity (Wildman–Crippen MR) is 77.9 cm³/mol. The lowest BCUT2D eigenvalue weighted by molar-refractivity contribution is 0.214. The number of nitrogens with one attached hydrogen (secondary N) is 2. The largest absolute Gasteiger partial charge is 0.339 e. The van der Waals surface area contributed by atoms with Crippen LogP contribution < -0.4 is 10.6 Å². The summed E-state index contributed by atoms with van der Waals surface area (Å²) in [6, 6.07) is -1.69. The van der Waals surface area contributed by atoms with Gasteiger partial charge in [-0.1, -0.05) is 26.7 Å². The van der Waals surface area contributed by atoms with E-state index in [4.69, 9.17) is 0 Å². The average Bonchev–Trinajstić information content (AvgIpc) is 2.32. The number of carbonyl (C=O) groups excluding carboxylic acids is 2. The molecule has 118 valence electrons. The highest BCUT2D eigenvalue weighted by Crippen LogP contribution is 2.04. The molecule has 0 fully saturated rings. The summed E-state index contributed by atoms with van der Waals surface area (Å²) >= 11 is 0. The summed E-state index contributed by atoms with van der Waals surface area (Å²) in [7, 11) is -3.68. The number of sulfonamides is 1. The second-order valence-electron chi connectivity index (χ2n) is 4.76. The number of imide groups is 1. The Hall–Kier alpha value is -1.31. The van der Waals surface area contributed by atoms with Crippen molar-refractivity contribution >= 4 is 22.1 Å². The van der Waals surface area contributed by atoms with Crippen molar-refractivity contribution in [3.63, 3.8) is 0 Å². The topological polar surface area (TPSA) is 95.6 Å². The third-order valence-corrected chi connectivity index (χ3v) is 3.95. The molecule has 2 N–H and O–H groups in total. The molecule has 0 aromatic rings. The van der Waals surface area contributed by atoms with E-state index in [1.54, 1.807) is 6.92 Å². The molecule has 1 atom stereocenters. The van der Waals surface area contributed by atoms with E-state index in [-0.39, 0.29) is 12.6 Å². The third-order valence-electron chi connectivity index (χ3n) is 2.80. The number of hydrogen-bond donors (Lipinski definition) is 2. The molecular formula is C12H25N3O4S. The van der Waals surface area contributed by atoms with Gasteiger partial charge in [-0.05, 0) is 19.8 Å². The second kappa shape index (κ2) is 8.78. The predicted octanol–water partition coefficient (Wildman–Crippen LogP) is 1.66. The first-order valence-electron chi connectivity index (χ1n) is 6.81. The van der Waals surface area contributed by atoms with Crippen LogP contribution in [-0.4, -0.2) is 43.6 Å². The first kappa shape index (κ1) is 18.7. The van der Waals surface area contributed by atoms with Crippen molar-refractivity contribution in [2.75, 3.05) is 12.8 Å². The van der Waals surface area contributed by atoms with Crippen LogP contribution in [0, 0.1) is 0 Å². The van der Waals surface area contributed by atoms with Gasteiger partial charge in [0.25, 0.3) is 0 Å². The molecule has 0 radical (unpaired) electrons. The van der Waals surface area contributed by atoms with Crippen molar-refractivity contribution in [1.29, 1.82) is 0 Å². The van der Waals surface area contributed by atoms with Gasteiger partial charge in [0.05, 0.1) is 6.26 Å². The van der Waals surface area contributed by atoms with E-state index in [9.17, 15) is 18.0 Å². The van der Waals surface area contributed by atoms with Gasteiger partial charge >= 0.3 is 12.1 Å². The zero-order chi connectivity index (χ0) is 15.8. The average molecular weight is 307 g/mol. The van der Waals surface area contributed by atoms with Gasteiger partial charge in [-0.25, -0.2) is 22.3 Å². The van der Waals surface area contributed by atoms with E-state index in [1.807, 2.05) is 19.2 Å². The first-order valence-corrected chi connectivity index (χ1v) is 8.66. The Balaban J connectivity index is 4.60. The minimum absolute atomic E-state index is 0.0785. The Kier molecular flexibility index (Phi) is 8.21. The number of carbonyl (C=O) groups is 2. The van der Waals surface area contributed by atoms with Crippen LogP contribution >= 0.6 is 0 Å². The molecule has 0 saturated heterocycles. The molecule has 0 bridgehead atoms. The minimum atomic E-state index is -3.68. The van der Waals surface area contributed by atoms with Crippen molar-refractivity contribution in [3.8, 4) is 0 Å². The van der Waals surface area contributed by atoms with Crippen LogP contribution in [0.4, 0.5) is 9.59 Å². The van der Waals surface area contributed by atoms with E-state index in [2.05, 4.69) is 5.32 Å². The fourth-order valence-electron chi connectivity index (χ4n) is 1.44. The summed E-state index contributed by atoms with van der Waals surface area (Å²) in [6.45, 7) is 5.74. The summed E-state index contributed by atoms with van der Waals surface area (Å²) in [6.07, 6.45) is 3.97. The van der Waals surface area contributed by atoms with Crippen LogP contribution in [0.5, 0.6) is 0 Å². The molecule has 7 nitrogen and oxygen atoms in total. The van der Waals surface area contributed by atoms with Gasteiger partial charge in [-0.15, -0.1) is 0 Å². The van der Waals surface area contributed by atoms with Crippen molar-refractivity contribution < 1.29 is 18.0 Å². The maximum atomic E-state index is 11.8. The second-order valence-corrected chi connectivity index (χ2v) is 6.66. The quantitative estimate of drug-likeness (QED) is 0.699. The van der Waals surface area contributed by atoms with Gasteiger partial charge in [0.15, 0.2) is 0 Å². The first-order chi connectivity index (χ1) is 9.22. The zero-order valence-electron chi connectivity index (χ0n) is 12.6. The highest BCUT2D eigenvalue weighted by Gasteiger charge is 2.24. The zero-order valence-corrected chi connectivity index (χ0v) is 13.4. The lowest BCUT2D eigenvalue weighted by Crippen LogP contribution is -2.50. The fraction of sp³-hybridized carbons (Fsp3) is 0.833. The summed E-state index contributed by atoms with van der Waals surface area (Å²) in [5, 5.41) is 4.58. The number of urea groups is 2. The lowest BCUT2D eigenvalue weighted by atomic mass is 10.2. The molecular weight excluding hydrogens is 282 g/mol. The Labute approximate surface area is 121 Å². The van der Waals surface area contributed by atoms with E-state index >= 15 is 0 Å². The molecule has 0 saturated carbocycles. The van der Waals surface area contributed by atoms with Crippen molar-refractivity contribution in [1.82, 2.24) is 14.9 Å². The van der Waals surface area contributed by atoms with Gasteiger partial charge < -0.3 is 5.32 Å². The molecule has 0 aromatic heterocycles. The molecule has 8 heteroatoms. The normalized spacial score (nSPS) is 12.6. The Bertz CT molecular complexity index is 422. The van der Waals surface area contributed by atoms with Crippen LogP contribution in [-0.2, 0) is 10.0 Å². The summed E-state index contributed by atoms with van der Waals surface area (Å²) < 4.78 is 23.8. The maximum Gasteiger partial charge on any atom is 0.339 e. The number of rotatable bonds is 7. The molecule has 0 unspecified atom stereocenters. The van der Waals surface area contributed by atoms with Gasteiger partial charge in [0.2, 0.25) is 10.0 Å². The van der Waals surface area contributed by atoms with Gasteiger partial charge in [0, 0.05) is 12.6 Å². The van der Waals surface area contributed by atoms with Crippen molar-refractivity contribution in [2.24, 2.45) is 0 Å². The van der Waals surface area contributed by atoms with Gasteiger partial charge in [0.1, 0.15) is 0 Å². The summed E-state index contributed by atoms with van der Waals surface area (Å²) in [5.41, 5.74) is 0. The highest BCUT2D eigenvalue weighted by atomic mass is 32.2. The van der Waals surface area contributed by atoms with Crippen molar-refractivity contribution in [2.45, 2.75) is 52.5 Å². The number of hydrogen-bond acceptors (Lipinski definition) is 4. The third kappa shape index (κ3) is 7.32. The van der Waals surface area contributed by atoms with Gasteiger partial charge in [-0.3, -0.25) is 5.32 Å². The molecule has 0 aromatic carbocycles. The Morgan fingerprint density at radius 3 is 2.25 bits per heavy atom. The standard InChI is InChI=1S/C12H25N3O4S/c1-5-7-8-9-15(20(4,18)19)12(17)14-11(16)13-10(3)6-2/h10H,5-9H2,1-4H3,(H2,13,14,16,17)/t10-/m1/s1. The van der Waals surface area contributed by atoms with Crippen LogP contribution in [0.1, 0.15) is 46.5 Å². The molecule has 20 heavy (non-hydrogen) atoms. The lowest BCUT2D eigenvalue weighted by Gasteiger charge is -2.21. The molecule has 0 aliphatic heterocycles. The van der Waals surface area contributed by atoms with Crippen molar-refractivity contribution in [3.05, 3.63) is 0 Å². The van der Waals surface area contributed by atoms with Crippen LogP contribution in [0.25, 0.3) is 0 Å².